The molecule has 94 valence electrons. The van der Waals surface area contributed by atoms with Crippen LogP contribution >= 0.6 is 11.3 Å². The summed E-state index contributed by atoms with van der Waals surface area (Å²) in [5.74, 6) is -0.725. The minimum absolute atomic E-state index is 0.445. The molecule has 1 aliphatic rings. The second-order valence-corrected chi connectivity index (χ2v) is 5.55. The summed E-state index contributed by atoms with van der Waals surface area (Å²) in [5, 5.41) is 12.1. The predicted octanol–water partition coefficient (Wildman–Crippen LogP) is 2.14. The molecular formula is C12H18N2O2S. The molecule has 0 bridgehead atoms. The number of carboxylic acids is 1. The molecule has 1 aromatic heterocycles. The molecule has 2 rings (SSSR count). The van der Waals surface area contributed by atoms with E-state index in [9.17, 15) is 4.79 Å². The highest BCUT2D eigenvalue weighted by molar-refractivity contribution is 7.09. The van der Waals surface area contributed by atoms with Crippen LogP contribution in [0.2, 0.25) is 0 Å². The number of hydrogen-bond acceptors (Lipinski definition) is 4. The average Bonchev–Trinajstić information content (AvgIpc) is 2.87. The molecular weight excluding hydrogens is 236 g/mol. The SMILES string of the molecule is CCC(C(=O)O)c1csc(C2CCN(C)C2)n1. The lowest BCUT2D eigenvalue weighted by molar-refractivity contribution is -0.138. The summed E-state index contributed by atoms with van der Waals surface area (Å²) in [6.07, 6.45) is 1.73. The van der Waals surface area contributed by atoms with E-state index in [0.717, 1.165) is 30.2 Å². The Bertz CT molecular complexity index is 405. The summed E-state index contributed by atoms with van der Waals surface area (Å²) in [6.45, 7) is 4.04. The number of hydrogen-bond donors (Lipinski definition) is 1. The number of likely N-dealkylation sites (N-methyl/N-ethyl adjacent to an activating group) is 1. The van der Waals surface area contributed by atoms with Crippen molar-refractivity contribution in [1.82, 2.24) is 9.88 Å². The predicted molar refractivity (Wildman–Crippen MR) is 67.6 cm³/mol. The zero-order valence-corrected chi connectivity index (χ0v) is 11.0. The second-order valence-electron chi connectivity index (χ2n) is 4.66. The van der Waals surface area contributed by atoms with E-state index in [0.29, 0.717) is 12.3 Å². The van der Waals surface area contributed by atoms with Gasteiger partial charge in [-0.15, -0.1) is 11.3 Å². The van der Waals surface area contributed by atoms with Crippen LogP contribution in [0.1, 0.15) is 42.3 Å². The van der Waals surface area contributed by atoms with Crippen LogP contribution in [0.15, 0.2) is 5.38 Å². The van der Waals surface area contributed by atoms with Crippen LogP contribution in [0.4, 0.5) is 0 Å². The van der Waals surface area contributed by atoms with Crippen molar-refractivity contribution in [3.8, 4) is 0 Å². The van der Waals surface area contributed by atoms with E-state index in [1.165, 1.54) is 0 Å². The van der Waals surface area contributed by atoms with E-state index < -0.39 is 11.9 Å². The normalized spacial score (nSPS) is 22.8. The molecule has 1 N–H and O–H groups in total. The quantitative estimate of drug-likeness (QED) is 0.894. The summed E-state index contributed by atoms with van der Waals surface area (Å²) in [5.41, 5.74) is 0.731. The van der Waals surface area contributed by atoms with Gasteiger partial charge in [0.15, 0.2) is 0 Å². The lowest BCUT2D eigenvalue weighted by Crippen LogP contribution is -2.14. The fraction of sp³-hybridized carbons (Fsp3) is 0.667. The van der Waals surface area contributed by atoms with Crippen LogP contribution < -0.4 is 0 Å². The van der Waals surface area contributed by atoms with Gasteiger partial charge in [-0.05, 0) is 26.4 Å². The Morgan fingerprint density at radius 2 is 2.53 bits per heavy atom. The van der Waals surface area contributed by atoms with Crippen molar-refractivity contribution in [3.63, 3.8) is 0 Å². The number of aliphatic carboxylic acids is 1. The first-order chi connectivity index (χ1) is 8.11. The molecule has 2 heterocycles. The van der Waals surface area contributed by atoms with Crippen molar-refractivity contribution in [1.29, 1.82) is 0 Å². The van der Waals surface area contributed by atoms with Gasteiger partial charge in [0.05, 0.1) is 16.6 Å². The molecule has 17 heavy (non-hydrogen) atoms. The number of carboxylic acid groups (broad SMARTS) is 1. The van der Waals surface area contributed by atoms with Crippen LogP contribution in [0.25, 0.3) is 0 Å². The van der Waals surface area contributed by atoms with Crippen LogP contribution in [-0.4, -0.2) is 41.1 Å². The maximum Gasteiger partial charge on any atom is 0.312 e. The van der Waals surface area contributed by atoms with Gasteiger partial charge in [-0.25, -0.2) is 4.98 Å². The first-order valence-electron chi connectivity index (χ1n) is 5.98. The Morgan fingerprint density at radius 1 is 1.76 bits per heavy atom. The van der Waals surface area contributed by atoms with Crippen molar-refractivity contribution in [3.05, 3.63) is 16.1 Å². The van der Waals surface area contributed by atoms with Gasteiger partial charge in [0.1, 0.15) is 0 Å². The molecule has 0 radical (unpaired) electrons. The number of aromatic nitrogens is 1. The molecule has 0 amide bonds. The lowest BCUT2D eigenvalue weighted by Gasteiger charge is -2.08. The monoisotopic (exact) mass is 254 g/mol. The lowest BCUT2D eigenvalue weighted by atomic mass is 10.0. The number of rotatable bonds is 4. The van der Waals surface area contributed by atoms with Crippen molar-refractivity contribution in [2.24, 2.45) is 0 Å². The molecule has 1 fully saturated rings. The Labute approximate surface area is 105 Å². The Balaban J connectivity index is 2.12. The smallest absolute Gasteiger partial charge is 0.312 e. The van der Waals surface area contributed by atoms with Gasteiger partial charge < -0.3 is 10.0 Å². The third-order valence-corrected chi connectivity index (χ3v) is 4.37. The van der Waals surface area contributed by atoms with Gasteiger partial charge in [-0.2, -0.15) is 0 Å². The van der Waals surface area contributed by atoms with Crippen LogP contribution in [0, 0.1) is 0 Å². The minimum atomic E-state index is -0.770. The van der Waals surface area contributed by atoms with Gasteiger partial charge >= 0.3 is 5.97 Å². The van der Waals surface area contributed by atoms with Gasteiger partial charge in [-0.3, -0.25) is 4.79 Å². The fourth-order valence-electron chi connectivity index (χ4n) is 2.30. The summed E-state index contributed by atoms with van der Waals surface area (Å²) in [6, 6.07) is 0. The molecule has 0 saturated carbocycles. The summed E-state index contributed by atoms with van der Waals surface area (Å²) < 4.78 is 0. The van der Waals surface area contributed by atoms with Gasteiger partial charge in [0, 0.05) is 17.8 Å². The third kappa shape index (κ3) is 2.66. The summed E-state index contributed by atoms with van der Waals surface area (Å²) in [4.78, 5) is 17.9. The Hall–Kier alpha value is -0.940. The van der Waals surface area contributed by atoms with Crippen LogP contribution in [0.5, 0.6) is 0 Å². The number of likely N-dealkylation sites (tertiary alicyclic amines) is 1. The van der Waals surface area contributed by atoms with E-state index in [1.54, 1.807) is 11.3 Å². The second kappa shape index (κ2) is 5.14. The molecule has 0 aliphatic carbocycles. The maximum absolute atomic E-state index is 11.1. The largest absolute Gasteiger partial charge is 0.481 e. The highest BCUT2D eigenvalue weighted by atomic mass is 32.1. The first-order valence-corrected chi connectivity index (χ1v) is 6.86. The van der Waals surface area contributed by atoms with Crippen molar-refractivity contribution in [2.75, 3.05) is 20.1 Å². The zero-order chi connectivity index (χ0) is 12.4. The Kier molecular flexibility index (Phi) is 3.79. The molecule has 5 heteroatoms. The number of thiazole rings is 1. The van der Waals surface area contributed by atoms with Crippen molar-refractivity contribution >= 4 is 17.3 Å². The topological polar surface area (TPSA) is 53.4 Å². The minimum Gasteiger partial charge on any atom is -0.481 e. The Morgan fingerprint density at radius 3 is 3.06 bits per heavy atom. The third-order valence-electron chi connectivity index (χ3n) is 3.34. The van der Waals surface area contributed by atoms with Gasteiger partial charge in [-0.1, -0.05) is 6.92 Å². The summed E-state index contributed by atoms with van der Waals surface area (Å²) in [7, 11) is 2.11. The molecule has 1 aromatic rings. The van der Waals surface area contributed by atoms with E-state index >= 15 is 0 Å². The standard InChI is InChI=1S/C12H18N2O2S/c1-3-9(12(15)16)10-7-17-11(13-10)8-4-5-14(2)6-8/h7-9H,3-6H2,1-2H3,(H,15,16). The van der Waals surface area contributed by atoms with Gasteiger partial charge in [0.2, 0.25) is 0 Å². The highest BCUT2D eigenvalue weighted by Crippen LogP contribution is 2.31. The number of carbonyl (C=O) groups is 1. The highest BCUT2D eigenvalue weighted by Gasteiger charge is 2.26. The number of nitrogens with zero attached hydrogens (tertiary/aromatic N) is 2. The van der Waals surface area contributed by atoms with E-state index in [-0.39, 0.29) is 0 Å². The molecule has 4 nitrogen and oxygen atoms in total. The average molecular weight is 254 g/mol. The van der Waals surface area contributed by atoms with Crippen LogP contribution in [-0.2, 0) is 4.79 Å². The zero-order valence-electron chi connectivity index (χ0n) is 10.2. The summed E-state index contributed by atoms with van der Waals surface area (Å²) >= 11 is 1.61. The molecule has 0 spiro atoms. The molecule has 2 atom stereocenters. The van der Waals surface area contributed by atoms with Crippen LogP contribution in [0.3, 0.4) is 0 Å². The molecule has 2 unspecified atom stereocenters. The molecule has 1 aliphatic heterocycles. The van der Waals surface area contributed by atoms with E-state index in [2.05, 4.69) is 16.9 Å². The maximum atomic E-state index is 11.1. The molecule has 0 aromatic carbocycles. The van der Waals surface area contributed by atoms with Gasteiger partial charge in [0.25, 0.3) is 0 Å². The van der Waals surface area contributed by atoms with Crippen molar-refractivity contribution < 1.29 is 9.90 Å². The molecule has 1 saturated heterocycles. The van der Waals surface area contributed by atoms with E-state index in [4.69, 9.17) is 5.11 Å². The fourth-order valence-corrected chi connectivity index (χ4v) is 3.30. The van der Waals surface area contributed by atoms with Crippen molar-refractivity contribution in [2.45, 2.75) is 31.6 Å². The van der Waals surface area contributed by atoms with E-state index in [1.807, 2.05) is 12.3 Å². The first kappa shape index (κ1) is 12.5.